The van der Waals surface area contributed by atoms with E-state index in [1.165, 1.54) is 0 Å². The maximum absolute atomic E-state index is 12.7. The first-order chi connectivity index (χ1) is 8.27. The number of Topliss-reactive ketones (excluding diaryl/α,β-unsaturated/α-hetero) is 1. The fraction of sp³-hybridized carbons (Fsp3) is 0.812. The zero-order chi connectivity index (χ0) is 15.2. The molecule has 0 fully saturated rings. The summed E-state index contributed by atoms with van der Waals surface area (Å²) in [5, 5.41) is 0. The highest BCUT2D eigenvalue weighted by molar-refractivity contribution is 14.1. The first-order valence-electron chi connectivity index (χ1n) is 6.88. The summed E-state index contributed by atoms with van der Waals surface area (Å²) in [6.07, 6.45) is 0.802. The molecule has 0 saturated carbocycles. The number of ketones is 1. The molecule has 2 nitrogen and oxygen atoms in total. The predicted octanol–water partition coefficient (Wildman–Crippen LogP) is 4.90. The maximum Gasteiger partial charge on any atom is 0.167 e. The van der Waals surface area contributed by atoms with E-state index in [0.29, 0.717) is 3.92 Å². The van der Waals surface area contributed by atoms with Gasteiger partial charge in [-0.15, -0.1) is 0 Å². The van der Waals surface area contributed by atoms with Crippen molar-refractivity contribution in [1.82, 2.24) is 0 Å². The number of halogens is 1. The summed E-state index contributed by atoms with van der Waals surface area (Å²) in [6.45, 7) is 16.5. The van der Waals surface area contributed by atoms with Crippen LogP contribution in [-0.4, -0.2) is 15.3 Å². The molecule has 0 aliphatic carbocycles. The van der Waals surface area contributed by atoms with E-state index in [0.717, 1.165) is 17.8 Å². The van der Waals surface area contributed by atoms with Gasteiger partial charge in [-0.2, -0.15) is 0 Å². The van der Waals surface area contributed by atoms with Crippen molar-refractivity contribution in [3.8, 4) is 0 Å². The van der Waals surface area contributed by atoms with E-state index in [1.807, 2.05) is 20.8 Å². The Morgan fingerprint density at radius 2 is 1.68 bits per heavy atom. The van der Waals surface area contributed by atoms with E-state index in [1.54, 1.807) is 0 Å². The largest absolute Gasteiger partial charge is 0.490 e. The van der Waals surface area contributed by atoms with Crippen LogP contribution in [-0.2, 0) is 9.53 Å². The molecule has 1 heterocycles. The van der Waals surface area contributed by atoms with E-state index >= 15 is 0 Å². The number of rotatable bonds is 1. The van der Waals surface area contributed by atoms with Crippen LogP contribution < -0.4 is 0 Å². The quantitative estimate of drug-likeness (QED) is 0.479. The van der Waals surface area contributed by atoms with Gasteiger partial charge in [0.05, 0.1) is 3.92 Å². The summed E-state index contributed by atoms with van der Waals surface area (Å²) in [7, 11) is 0. The standard InChI is InChI=1S/C16H27IO2/c1-14(2,3)12(18)10-9-11(17)16(7,8)19-13(10)15(4,5)6/h11H,9H2,1-8H3. The molecular weight excluding hydrogens is 351 g/mol. The molecule has 0 bridgehead atoms. The molecule has 0 amide bonds. The Morgan fingerprint density at radius 3 is 2.05 bits per heavy atom. The summed E-state index contributed by atoms with van der Waals surface area (Å²) in [5.74, 6) is 1.10. The van der Waals surface area contributed by atoms with Gasteiger partial charge in [-0.3, -0.25) is 4.79 Å². The number of alkyl halides is 1. The second-order valence-corrected chi connectivity index (χ2v) is 9.52. The Kier molecular flexibility index (Phi) is 4.51. The monoisotopic (exact) mass is 378 g/mol. The average Bonchev–Trinajstić information content (AvgIpc) is 2.17. The lowest BCUT2D eigenvalue weighted by Gasteiger charge is -2.43. The first kappa shape index (κ1) is 17.0. The number of hydrogen-bond acceptors (Lipinski definition) is 2. The summed E-state index contributed by atoms with van der Waals surface area (Å²) in [5.41, 5.74) is 0.182. The fourth-order valence-electron chi connectivity index (χ4n) is 2.16. The van der Waals surface area contributed by atoms with Crippen LogP contribution in [0.4, 0.5) is 0 Å². The normalized spacial score (nSPS) is 24.2. The van der Waals surface area contributed by atoms with Crippen LogP contribution in [0.2, 0.25) is 0 Å². The topological polar surface area (TPSA) is 26.3 Å². The van der Waals surface area contributed by atoms with Crippen LogP contribution in [0.5, 0.6) is 0 Å². The molecule has 3 heteroatoms. The van der Waals surface area contributed by atoms with Gasteiger partial charge in [0, 0.05) is 16.4 Å². The van der Waals surface area contributed by atoms with Crippen molar-refractivity contribution in [3.05, 3.63) is 11.3 Å². The molecule has 110 valence electrons. The Bertz CT molecular complexity index is 405. The molecular formula is C16H27IO2. The van der Waals surface area contributed by atoms with E-state index in [2.05, 4.69) is 57.2 Å². The summed E-state index contributed by atoms with van der Waals surface area (Å²) < 4.78 is 6.55. The number of hydrogen-bond donors (Lipinski definition) is 0. The van der Waals surface area contributed by atoms with Crippen molar-refractivity contribution < 1.29 is 9.53 Å². The van der Waals surface area contributed by atoms with E-state index in [-0.39, 0.29) is 22.2 Å². The SMILES string of the molecule is CC(C)(C)C(=O)C1=C(C(C)(C)C)OC(C)(C)C(I)C1. The highest BCUT2D eigenvalue weighted by Gasteiger charge is 2.43. The van der Waals surface area contributed by atoms with Crippen LogP contribution >= 0.6 is 22.6 Å². The molecule has 0 saturated heterocycles. The van der Waals surface area contributed by atoms with Crippen LogP contribution in [0.15, 0.2) is 11.3 Å². The molecule has 19 heavy (non-hydrogen) atoms. The van der Waals surface area contributed by atoms with Gasteiger partial charge < -0.3 is 4.74 Å². The highest BCUT2D eigenvalue weighted by Crippen LogP contribution is 2.44. The minimum atomic E-state index is -0.354. The second-order valence-electron chi connectivity index (χ2n) is 8.01. The smallest absolute Gasteiger partial charge is 0.167 e. The molecule has 0 aromatic carbocycles. The highest BCUT2D eigenvalue weighted by atomic mass is 127. The lowest BCUT2D eigenvalue weighted by molar-refractivity contribution is -0.124. The van der Waals surface area contributed by atoms with Gasteiger partial charge in [-0.05, 0) is 20.3 Å². The summed E-state index contributed by atoms with van der Waals surface area (Å²) in [4.78, 5) is 12.7. The van der Waals surface area contributed by atoms with Crippen LogP contribution in [0, 0.1) is 10.8 Å². The van der Waals surface area contributed by atoms with Crippen molar-refractivity contribution in [1.29, 1.82) is 0 Å². The second kappa shape index (κ2) is 5.05. The predicted molar refractivity (Wildman–Crippen MR) is 88.5 cm³/mol. The van der Waals surface area contributed by atoms with Crippen LogP contribution in [0.3, 0.4) is 0 Å². The van der Waals surface area contributed by atoms with Crippen molar-refractivity contribution >= 4 is 28.4 Å². The Labute approximate surface area is 131 Å². The maximum atomic E-state index is 12.7. The Balaban J connectivity index is 3.35. The minimum absolute atomic E-state index is 0.135. The third kappa shape index (κ3) is 3.73. The molecule has 0 radical (unpaired) electrons. The van der Waals surface area contributed by atoms with Gasteiger partial charge >= 0.3 is 0 Å². The summed E-state index contributed by atoms with van der Waals surface area (Å²) in [6, 6.07) is 0. The van der Waals surface area contributed by atoms with Crippen molar-refractivity contribution in [2.45, 2.75) is 71.3 Å². The Hall–Kier alpha value is -0.0600. The molecule has 0 aromatic rings. The van der Waals surface area contributed by atoms with E-state index in [9.17, 15) is 4.79 Å². The van der Waals surface area contributed by atoms with Crippen molar-refractivity contribution in [2.75, 3.05) is 0 Å². The molecule has 1 aliphatic heterocycles. The lowest BCUT2D eigenvalue weighted by atomic mass is 9.77. The van der Waals surface area contributed by atoms with Gasteiger partial charge in [0.1, 0.15) is 11.4 Å². The van der Waals surface area contributed by atoms with Crippen molar-refractivity contribution in [2.24, 2.45) is 10.8 Å². The molecule has 1 atom stereocenters. The van der Waals surface area contributed by atoms with Gasteiger partial charge in [-0.1, -0.05) is 64.1 Å². The average molecular weight is 378 g/mol. The minimum Gasteiger partial charge on any atom is -0.490 e. The van der Waals surface area contributed by atoms with Gasteiger partial charge in [0.15, 0.2) is 5.78 Å². The third-order valence-electron chi connectivity index (χ3n) is 3.41. The van der Waals surface area contributed by atoms with Crippen LogP contribution in [0.25, 0.3) is 0 Å². The summed E-state index contributed by atoms with van der Waals surface area (Å²) >= 11 is 2.40. The number of carbonyl (C=O) groups is 1. The molecule has 1 aliphatic rings. The number of carbonyl (C=O) groups excluding carboxylic acids is 1. The van der Waals surface area contributed by atoms with Crippen molar-refractivity contribution in [3.63, 3.8) is 0 Å². The zero-order valence-corrected chi connectivity index (χ0v) is 15.6. The van der Waals surface area contributed by atoms with E-state index in [4.69, 9.17) is 4.74 Å². The fourth-order valence-corrected chi connectivity index (χ4v) is 2.73. The van der Waals surface area contributed by atoms with Gasteiger partial charge in [0.25, 0.3) is 0 Å². The van der Waals surface area contributed by atoms with Gasteiger partial charge in [0.2, 0.25) is 0 Å². The molecule has 1 unspecified atom stereocenters. The first-order valence-corrected chi connectivity index (χ1v) is 8.13. The van der Waals surface area contributed by atoms with E-state index < -0.39 is 0 Å². The third-order valence-corrected chi connectivity index (χ3v) is 5.35. The lowest BCUT2D eigenvalue weighted by Crippen LogP contribution is -2.43. The molecule has 0 aromatic heterocycles. The number of allylic oxidation sites excluding steroid dienone is 2. The number of ether oxygens (including phenoxy) is 1. The van der Waals surface area contributed by atoms with Crippen LogP contribution in [0.1, 0.15) is 61.8 Å². The molecule has 0 N–H and O–H groups in total. The Morgan fingerprint density at radius 1 is 1.21 bits per heavy atom. The molecule has 1 rings (SSSR count). The molecule has 0 spiro atoms. The zero-order valence-electron chi connectivity index (χ0n) is 13.5. The van der Waals surface area contributed by atoms with Gasteiger partial charge in [-0.25, -0.2) is 0 Å².